The lowest BCUT2D eigenvalue weighted by Crippen LogP contribution is -2.28. The van der Waals surface area contributed by atoms with E-state index >= 15 is 0 Å². The molecule has 3 heterocycles. The summed E-state index contributed by atoms with van der Waals surface area (Å²) < 4.78 is 15.8. The summed E-state index contributed by atoms with van der Waals surface area (Å²) in [6, 6.07) is 9.39. The molecule has 1 atom stereocenters. The van der Waals surface area contributed by atoms with Crippen molar-refractivity contribution in [3.63, 3.8) is 0 Å². The smallest absolute Gasteiger partial charge is 0.293 e. The monoisotopic (exact) mass is 314 g/mol. The number of nitrogens with zero attached hydrogens (tertiary/aromatic N) is 4. The number of furan rings is 1. The first-order valence-electron chi connectivity index (χ1n) is 7.24. The van der Waals surface area contributed by atoms with Crippen LogP contribution in [0.1, 0.15) is 17.6 Å². The summed E-state index contributed by atoms with van der Waals surface area (Å²) in [5.74, 6) is 1.51. The molecule has 7 nitrogen and oxygen atoms in total. The summed E-state index contributed by atoms with van der Waals surface area (Å²) >= 11 is 0. The number of methoxy groups -OCH3 is 1. The van der Waals surface area contributed by atoms with Crippen LogP contribution in [0, 0.1) is 0 Å². The third-order valence-corrected chi connectivity index (χ3v) is 3.48. The van der Waals surface area contributed by atoms with Gasteiger partial charge in [0, 0.05) is 13.3 Å². The summed E-state index contributed by atoms with van der Waals surface area (Å²) in [6.07, 6.45) is 3.34. The molecule has 3 aromatic heterocycles. The number of ether oxygens (including phenoxy) is 1. The lowest BCUT2D eigenvalue weighted by atomic mass is 10.1. The molecule has 0 radical (unpaired) electrons. The van der Waals surface area contributed by atoms with E-state index in [9.17, 15) is 0 Å². The molecule has 0 aliphatic rings. The summed E-state index contributed by atoms with van der Waals surface area (Å²) in [7, 11) is 3.65. The third-order valence-electron chi connectivity index (χ3n) is 3.48. The average Bonchev–Trinajstić information content (AvgIpc) is 3.24. The first kappa shape index (κ1) is 15.4. The van der Waals surface area contributed by atoms with Gasteiger partial charge in [-0.05, 0) is 31.3 Å². The van der Waals surface area contributed by atoms with E-state index in [4.69, 9.17) is 13.7 Å². The van der Waals surface area contributed by atoms with Crippen LogP contribution in [-0.4, -0.2) is 40.8 Å². The number of pyridine rings is 1. The van der Waals surface area contributed by atoms with Crippen LogP contribution < -0.4 is 0 Å². The van der Waals surface area contributed by atoms with Crippen molar-refractivity contribution in [1.29, 1.82) is 0 Å². The zero-order chi connectivity index (χ0) is 16.1. The van der Waals surface area contributed by atoms with Gasteiger partial charge in [0.25, 0.3) is 5.89 Å². The van der Waals surface area contributed by atoms with Gasteiger partial charge in [-0.2, -0.15) is 4.98 Å². The van der Waals surface area contributed by atoms with Crippen molar-refractivity contribution in [2.75, 3.05) is 20.8 Å². The second-order valence-corrected chi connectivity index (χ2v) is 5.13. The van der Waals surface area contributed by atoms with Crippen molar-refractivity contribution >= 4 is 0 Å². The van der Waals surface area contributed by atoms with E-state index in [0.29, 0.717) is 30.6 Å². The molecule has 7 heteroatoms. The molecule has 3 rings (SSSR count). The van der Waals surface area contributed by atoms with Crippen LogP contribution in [0.3, 0.4) is 0 Å². The average molecular weight is 314 g/mol. The summed E-state index contributed by atoms with van der Waals surface area (Å²) in [5, 5.41) is 4.00. The molecule has 0 aromatic carbocycles. The summed E-state index contributed by atoms with van der Waals surface area (Å²) in [5.41, 5.74) is 0.937. The van der Waals surface area contributed by atoms with E-state index in [2.05, 4.69) is 20.0 Å². The first-order valence-corrected chi connectivity index (χ1v) is 7.24. The van der Waals surface area contributed by atoms with Gasteiger partial charge in [-0.1, -0.05) is 11.2 Å². The molecule has 3 aromatic rings. The lowest BCUT2D eigenvalue weighted by molar-refractivity contribution is 0.0980. The molecule has 0 spiro atoms. The second-order valence-electron chi connectivity index (χ2n) is 5.13. The fourth-order valence-corrected chi connectivity index (χ4v) is 2.32. The molecule has 0 bridgehead atoms. The molecule has 1 unspecified atom stereocenters. The number of hydrogen-bond donors (Lipinski definition) is 0. The highest BCUT2D eigenvalue weighted by atomic mass is 16.5. The molecule has 0 amide bonds. The Morgan fingerprint density at radius 1 is 1.26 bits per heavy atom. The molecule has 0 aliphatic heterocycles. The molecule has 0 saturated heterocycles. The maximum atomic E-state index is 5.32. The topological polar surface area (TPSA) is 77.4 Å². The van der Waals surface area contributed by atoms with Gasteiger partial charge in [0.15, 0.2) is 11.6 Å². The van der Waals surface area contributed by atoms with E-state index in [1.165, 1.54) is 0 Å². The van der Waals surface area contributed by atoms with Crippen molar-refractivity contribution in [2.45, 2.75) is 12.6 Å². The minimum atomic E-state index is 0.00626. The van der Waals surface area contributed by atoms with Gasteiger partial charge < -0.3 is 13.7 Å². The van der Waals surface area contributed by atoms with Gasteiger partial charge in [-0.15, -0.1) is 0 Å². The third kappa shape index (κ3) is 3.64. The molecular formula is C16H18N4O3. The van der Waals surface area contributed by atoms with Crippen LogP contribution in [0.5, 0.6) is 0 Å². The minimum Gasteiger partial charge on any atom is -0.459 e. The van der Waals surface area contributed by atoms with Gasteiger partial charge in [0.05, 0.1) is 31.2 Å². The van der Waals surface area contributed by atoms with E-state index in [0.717, 1.165) is 5.69 Å². The summed E-state index contributed by atoms with van der Waals surface area (Å²) in [6.45, 7) is 1.03. The van der Waals surface area contributed by atoms with Crippen molar-refractivity contribution in [3.05, 3.63) is 54.3 Å². The maximum absolute atomic E-state index is 5.32. The highest BCUT2D eigenvalue weighted by Gasteiger charge is 2.21. The van der Waals surface area contributed by atoms with Crippen LogP contribution in [0.15, 0.2) is 51.7 Å². The maximum Gasteiger partial charge on any atom is 0.293 e. The van der Waals surface area contributed by atoms with E-state index in [-0.39, 0.29) is 6.04 Å². The quantitative estimate of drug-likeness (QED) is 0.663. The minimum absolute atomic E-state index is 0.00626. The largest absolute Gasteiger partial charge is 0.459 e. The molecule has 0 aliphatic carbocycles. The predicted octanol–water partition coefficient (Wildman–Crippen LogP) is 2.54. The normalized spacial score (nSPS) is 12.7. The predicted molar refractivity (Wildman–Crippen MR) is 82.3 cm³/mol. The summed E-state index contributed by atoms with van der Waals surface area (Å²) in [4.78, 5) is 10.8. The Balaban J connectivity index is 1.73. The van der Waals surface area contributed by atoms with Crippen molar-refractivity contribution < 1.29 is 13.7 Å². The lowest BCUT2D eigenvalue weighted by Gasteiger charge is -2.25. The zero-order valence-corrected chi connectivity index (χ0v) is 13.0. The first-order chi connectivity index (χ1) is 11.3. The number of likely N-dealkylation sites (N-methyl/N-ethyl adjacent to an activating group) is 1. The SMILES string of the molecule is COCC(c1ccccn1)N(C)Cc1noc(-c2ccco2)n1. The molecular weight excluding hydrogens is 296 g/mol. The fraction of sp³-hybridized carbons (Fsp3) is 0.312. The number of hydrogen-bond acceptors (Lipinski definition) is 7. The van der Waals surface area contributed by atoms with Crippen LogP contribution in [0.2, 0.25) is 0 Å². The van der Waals surface area contributed by atoms with E-state index in [1.54, 1.807) is 31.7 Å². The van der Waals surface area contributed by atoms with Gasteiger partial charge in [0.2, 0.25) is 0 Å². The van der Waals surface area contributed by atoms with Gasteiger partial charge in [-0.3, -0.25) is 9.88 Å². The molecule has 23 heavy (non-hydrogen) atoms. The van der Waals surface area contributed by atoms with Crippen LogP contribution in [-0.2, 0) is 11.3 Å². The Bertz CT molecular complexity index is 712. The second kappa shape index (κ2) is 7.17. The van der Waals surface area contributed by atoms with Gasteiger partial charge in [0.1, 0.15) is 0 Å². The Kier molecular flexibility index (Phi) is 4.80. The van der Waals surface area contributed by atoms with Gasteiger partial charge >= 0.3 is 0 Å². The van der Waals surface area contributed by atoms with Crippen molar-refractivity contribution in [1.82, 2.24) is 20.0 Å². The Labute approximate surface area is 133 Å². The number of aromatic nitrogens is 3. The Morgan fingerprint density at radius 2 is 2.17 bits per heavy atom. The zero-order valence-electron chi connectivity index (χ0n) is 13.0. The van der Waals surface area contributed by atoms with E-state index < -0.39 is 0 Å². The highest BCUT2D eigenvalue weighted by molar-refractivity contribution is 5.42. The Morgan fingerprint density at radius 3 is 2.87 bits per heavy atom. The highest BCUT2D eigenvalue weighted by Crippen LogP contribution is 2.21. The van der Waals surface area contributed by atoms with Crippen LogP contribution >= 0.6 is 0 Å². The van der Waals surface area contributed by atoms with Crippen molar-refractivity contribution in [3.8, 4) is 11.7 Å². The van der Waals surface area contributed by atoms with Crippen LogP contribution in [0.25, 0.3) is 11.7 Å². The van der Waals surface area contributed by atoms with E-state index in [1.807, 2.05) is 25.2 Å². The molecule has 120 valence electrons. The van der Waals surface area contributed by atoms with Crippen LogP contribution in [0.4, 0.5) is 0 Å². The number of rotatable bonds is 7. The van der Waals surface area contributed by atoms with Gasteiger partial charge in [-0.25, -0.2) is 0 Å². The molecule has 0 saturated carbocycles. The van der Waals surface area contributed by atoms with Crippen molar-refractivity contribution in [2.24, 2.45) is 0 Å². The fourth-order valence-electron chi connectivity index (χ4n) is 2.32. The molecule has 0 fully saturated rings. The Hall–Kier alpha value is -2.51. The molecule has 0 N–H and O–H groups in total. The standard InChI is InChI=1S/C16H18N4O3/c1-20(13(11-21-2)12-6-3-4-8-17-12)10-15-18-16(23-19-15)14-7-5-9-22-14/h3-9,13H,10-11H2,1-2H3.